The van der Waals surface area contributed by atoms with Crippen molar-refractivity contribution in [3.63, 3.8) is 0 Å². The molecular weight excluding hydrogens is 1270 g/mol. The van der Waals surface area contributed by atoms with Crippen LogP contribution in [0.3, 0.4) is 0 Å². The first-order valence-electron chi connectivity index (χ1n) is 39.0. The summed E-state index contributed by atoms with van der Waals surface area (Å²) in [6.07, 6.45) is 47.4. The number of carbonyl (C=O) groups is 2. The molecule has 0 spiro atoms. The molecule has 2 rings (SSSR count). The fraction of sp³-hybridized carbons (Fsp3) is 0.823. The Kier molecular flexibility index (Phi) is 70.9. The zero-order valence-electron chi connectivity index (χ0n) is 64.8. The van der Waals surface area contributed by atoms with Gasteiger partial charge in [0.25, 0.3) is 0 Å². The highest BCUT2D eigenvalue weighted by Gasteiger charge is 2.30. The van der Waals surface area contributed by atoms with Crippen LogP contribution in [-0.4, -0.2) is 149 Å². The van der Waals surface area contributed by atoms with E-state index in [2.05, 4.69) is 63.3 Å². The van der Waals surface area contributed by atoms with Crippen molar-refractivity contribution in [2.45, 2.75) is 310 Å². The fourth-order valence-corrected chi connectivity index (χ4v) is 15.8. The van der Waals surface area contributed by atoms with Gasteiger partial charge in [0.1, 0.15) is 0 Å². The van der Waals surface area contributed by atoms with Crippen LogP contribution in [0.5, 0.6) is 0 Å². The van der Waals surface area contributed by atoms with Gasteiger partial charge in [-0.2, -0.15) is 8.61 Å². The molecule has 98 heavy (non-hydrogen) atoms. The zero-order valence-corrected chi connectivity index (χ0v) is 66.4. The van der Waals surface area contributed by atoms with E-state index in [1.807, 2.05) is 41.5 Å². The Hall–Kier alpha value is -2.92. The van der Waals surface area contributed by atoms with Crippen LogP contribution in [0.1, 0.15) is 321 Å². The summed E-state index contributed by atoms with van der Waals surface area (Å²) >= 11 is 0. The summed E-state index contributed by atoms with van der Waals surface area (Å²) in [6, 6.07) is 11.6. The van der Waals surface area contributed by atoms with E-state index in [0.717, 1.165) is 51.9 Å². The Morgan fingerprint density at radius 2 is 0.602 bits per heavy atom. The van der Waals surface area contributed by atoms with Crippen LogP contribution in [0, 0.1) is 16.7 Å². The average Bonchev–Trinajstić information content (AvgIpc) is 0.825. The number of aromatic carboxylic acids is 1. The first kappa shape index (κ1) is 101. The Balaban J connectivity index is -0.000000596. The molecule has 0 bridgehead atoms. The molecule has 0 aliphatic carbocycles. The first-order chi connectivity index (χ1) is 46.7. The summed E-state index contributed by atoms with van der Waals surface area (Å²) in [5.74, 6) is -1.13. The van der Waals surface area contributed by atoms with Gasteiger partial charge in [-0.25, -0.2) is 21.6 Å². The maximum atomic E-state index is 12.6. The molecule has 0 aliphatic heterocycles. The highest BCUT2D eigenvalue weighted by atomic mass is 32.2. The first-order valence-corrected chi connectivity index (χ1v) is 41.9. The third-order valence-corrected chi connectivity index (χ3v) is 21.9. The summed E-state index contributed by atoms with van der Waals surface area (Å²) in [4.78, 5) is 23.0. The van der Waals surface area contributed by atoms with Crippen molar-refractivity contribution in [2.75, 3.05) is 107 Å². The van der Waals surface area contributed by atoms with Crippen LogP contribution < -0.4 is 44.2 Å². The summed E-state index contributed by atoms with van der Waals surface area (Å²) in [5.41, 5.74) is 24.5. The maximum absolute atomic E-state index is 12.6. The van der Waals surface area contributed by atoms with Crippen LogP contribution in [-0.2, 0) is 20.0 Å². The largest absolute Gasteiger partial charge is 0.478 e. The van der Waals surface area contributed by atoms with Gasteiger partial charge >= 0.3 is 5.97 Å². The van der Waals surface area contributed by atoms with Gasteiger partial charge in [-0.15, -0.1) is 0 Å². The third-order valence-electron chi connectivity index (χ3n) is 18.1. The zero-order chi connectivity index (χ0) is 73.3. The highest BCUT2D eigenvalue weighted by molar-refractivity contribution is 7.89. The molecule has 0 saturated heterocycles. The molecule has 0 radical (unpaired) electrons. The molecule has 17 nitrogen and oxygen atoms in total. The number of hydrogen-bond donors (Lipinski definition) is 9. The smallest absolute Gasteiger partial charge is 0.335 e. The van der Waals surface area contributed by atoms with Gasteiger partial charge in [0.15, 0.2) is 5.78 Å². The van der Waals surface area contributed by atoms with Crippen molar-refractivity contribution in [3.8, 4) is 0 Å². The third kappa shape index (κ3) is 50.4. The lowest BCUT2D eigenvalue weighted by Gasteiger charge is -2.35. The number of benzene rings is 2. The number of nitrogens with one attached hydrogen (secondary N) is 4. The minimum Gasteiger partial charge on any atom is -0.478 e. The molecule has 2 aromatic rings. The van der Waals surface area contributed by atoms with Gasteiger partial charge in [-0.1, -0.05) is 184 Å². The van der Waals surface area contributed by atoms with E-state index in [-0.39, 0.29) is 34.5 Å². The van der Waals surface area contributed by atoms with Crippen molar-refractivity contribution in [1.82, 2.24) is 29.9 Å². The maximum Gasteiger partial charge on any atom is 0.335 e. The summed E-state index contributed by atoms with van der Waals surface area (Å²) in [6.45, 7) is 25.7. The van der Waals surface area contributed by atoms with Gasteiger partial charge in [-0.05, 0) is 256 Å². The molecule has 580 valence electrons. The summed E-state index contributed by atoms with van der Waals surface area (Å²) in [7, 11) is 1.31. The van der Waals surface area contributed by atoms with Crippen molar-refractivity contribution in [2.24, 2.45) is 39.7 Å². The Bertz CT molecular complexity index is 2170. The number of carboxylic acid groups (broad SMARTS) is 1. The van der Waals surface area contributed by atoms with E-state index < -0.39 is 26.0 Å². The second kappa shape index (κ2) is 68.5. The number of nitrogens with zero attached hydrogens (tertiary/aromatic N) is 2. The van der Waals surface area contributed by atoms with E-state index in [0.29, 0.717) is 42.6 Å². The van der Waals surface area contributed by atoms with Crippen LogP contribution in [0.25, 0.3) is 0 Å². The van der Waals surface area contributed by atoms with Crippen molar-refractivity contribution in [1.29, 1.82) is 0 Å². The number of hydrogen-bond acceptors (Lipinski definition) is 14. The molecule has 0 unspecified atom stereocenters. The molecule has 0 aliphatic rings. The van der Waals surface area contributed by atoms with Crippen molar-refractivity contribution >= 4 is 31.8 Å². The number of nitrogens with two attached hydrogens (primary N) is 4. The molecular formula is C79H160N10O7S2. The second-order valence-electron chi connectivity index (χ2n) is 27.4. The molecule has 0 atom stereocenters. The average molecular weight is 1430 g/mol. The Labute approximate surface area is 606 Å². The standard InChI is InChI=1S/C25H56N4.C21H48N4.C16H25NO3S.C13H19NO4S.C3H8.CH4/c1-26-21-13-5-9-17-25(18-10-6-14-22-27-2,19-11-7-15-23-28-3)20-12-8-16-24-29-4;22-17-9-1-5-13-21(14-6-2-10-18-23,15-7-3-11-19-24)16-8-4-12-20-25;1-5-11-17(12-6-2)21(19,20)15-9-7-14(8-10-15)16(18)13(3)4;1-3-9-14(10-4-2)19(17,18)12-7-5-11(6-8-12)13(15)16;1-3-2;/h26-29H,5-24H2,1-4H3;1-20,22-25H2;7-10,13H,5-6,11-12H2,1-4H3;5-8H,3-4,9-10H2,1-2H3,(H,15,16);3H2,1-2H3;1H4. The van der Waals surface area contributed by atoms with Crippen LogP contribution in [0.2, 0.25) is 0 Å². The van der Waals surface area contributed by atoms with Crippen molar-refractivity contribution in [3.05, 3.63) is 59.7 Å². The fourth-order valence-electron chi connectivity index (χ4n) is 12.6. The lowest BCUT2D eigenvalue weighted by atomic mass is 9.70. The van der Waals surface area contributed by atoms with E-state index in [1.54, 1.807) is 12.1 Å². The number of carboxylic acids is 1. The lowest BCUT2D eigenvalue weighted by molar-refractivity contribution is 0.0696. The minimum absolute atomic E-state index is 0. The Morgan fingerprint density at radius 1 is 0.388 bits per heavy atom. The number of unbranched alkanes of at least 4 members (excludes halogenated alkanes) is 16. The van der Waals surface area contributed by atoms with Crippen LogP contribution in [0.15, 0.2) is 58.3 Å². The summed E-state index contributed by atoms with van der Waals surface area (Å²) < 4.78 is 52.8. The number of ketones is 1. The minimum atomic E-state index is -3.53. The quantitative estimate of drug-likeness (QED) is 0.0220. The second-order valence-corrected chi connectivity index (χ2v) is 31.3. The summed E-state index contributed by atoms with van der Waals surface area (Å²) in [5, 5.41) is 22.0. The molecule has 0 heterocycles. The predicted molar refractivity (Wildman–Crippen MR) is 425 cm³/mol. The number of carbonyl (C=O) groups excluding carboxylic acids is 1. The normalized spacial score (nSPS) is 11.7. The van der Waals surface area contributed by atoms with Gasteiger partial charge in [0.2, 0.25) is 20.0 Å². The Morgan fingerprint density at radius 3 is 0.786 bits per heavy atom. The topological polar surface area (TPSA) is 281 Å². The SMILES string of the molecule is C.CCC.CCCN(CCC)S(=O)(=O)c1ccc(C(=O)C(C)C)cc1.CCCN(CCC)S(=O)(=O)c1ccc(C(=O)O)cc1.CNCCCCCC(CCCCCNC)(CCCCCNC)CCCCCNC.NCCCCCC(CCCCCN)(CCCCCN)CCCCCN. The monoisotopic (exact) mass is 1430 g/mol. The molecule has 0 fully saturated rings. The van der Waals surface area contributed by atoms with E-state index in [4.69, 9.17) is 28.0 Å². The van der Waals surface area contributed by atoms with Crippen LogP contribution >= 0.6 is 0 Å². The number of rotatable bonds is 59. The molecule has 19 heteroatoms. The van der Waals surface area contributed by atoms with E-state index in [9.17, 15) is 26.4 Å². The van der Waals surface area contributed by atoms with Crippen molar-refractivity contribution < 1.29 is 31.5 Å². The van der Waals surface area contributed by atoms with Crippen LogP contribution in [0.4, 0.5) is 0 Å². The molecule has 0 saturated carbocycles. The molecule has 0 amide bonds. The van der Waals surface area contributed by atoms with Gasteiger partial charge in [0.05, 0.1) is 15.4 Å². The molecule has 0 aromatic heterocycles. The van der Waals surface area contributed by atoms with Gasteiger partial charge in [0, 0.05) is 37.7 Å². The predicted octanol–water partition coefficient (Wildman–Crippen LogP) is 16.7. The lowest BCUT2D eigenvalue weighted by Crippen LogP contribution is -2.32. The molecule has 13 N–H and O–H groups in total. The number of Topliss-reactive ketones (excluding diaryl/α,β-unsaturated/α-hetero) is 1. The van der Waals surface area contributed by atoms with E-state index in [1.165, 1.54) is 283 Å². The highest BCUT2D eigenvalue weighted by Crippen LogP contribution is 2.43. The number of sulfonamides is 2. The van der Waals surface area contributed by atoms with Gasteiger partial charge < -0.3 is 49.3 Å². The van der Waals surface area contributed by atoms with Gasteiger partial charge in [-0.3, -0.25) is 4.79 Å². The molecule has 2 aromatic carbocycles. The van der Waals surface area contributed by atoms with E-state index >= 15 is 0 Å².